The summed E-state index contributed by atoms with van der Waals surface area (Å²) in [6.07, 6.45) is 0.379. The van der Waals surface area contributed by atoms with Gasteiger partial charge in [0, 0.05) is 12.1 Å². The van der Waals surface area contributed by atoms with Gasteiger partial charge in [-0.05, 0) is 24.3 Å². The Morgan fingerprint density at radius 3 is 2.46 bits per heavy atom. The number of carbonyl (C=O) groups excluding carboxylic acids is 1. The first kappa shape index (κ1) is 12.5. The summed E-state index contributed by atoms with van der Waals surface area (Å²) in [4.78, 5) is 10.8. The molecule has 0 radical (unpaired) electrons. The molecule has 66 valence electrons. The molecular formula is C9H12NNaO2. The third-order valence-corrected chi connectivity index (χ3v) is 1.40. The number of nitrogen functional groups attached to an aromatic ring is 1. The molecule has 1 rings (SSSR count). The quantitative estimate of drug-likeness (QED) is 0.272. The summed E-state index contributed by atoms with van der Waals surface area (Å²) < 4.78 is 4.92. The van der Waals surface area contributed by atoms with Crippen LogP contribution in [0, 0.1) is 0 Å². The summed E-state index contributed by atoms with van der Waals surface area (Å²) in [5.74, 6) is 0.302. The standard InChI is InChI=1S/C9H11NO2.Na.H/c1-2-9(11)12-8-5-3-7(10)4-6-8;;/h3-6H,2,10H2,1H3;;/q;+1;-1. The zero-order valence-corrected chi connectivity index (χ0v) is 9.91. The van der Waals surface area contributed by atoms with Crippen LogP contribution in [0.15, 0.2) is 24.3 Å². The largest absolute Gasteiger partial charge is 1.00 e. The third kappa shape index (κ3) is 4.31. The second-order valence-corrected chi connectivity index (χ2v) is 2.40. The number of benzene rings is 1. The fraction of sp³-hybridized carbons (Fsp3) is 0.222. The van der Waals surface area contributed by atoms with Crippen LogP contribution in [-0.2, 0) is 4.79 Å². The molecule has 0 fully saturated rings. The van der Waals surface area contributed by atoms with Crippen molar-refractivity contribution < 1.29 is 40.5 Å². The normalized spacial score (nSPS) is 8.69. The van der Waals surface area contributed by atoms with Crippen molar-refractivity contribution in [1.29, 1.82) is 0 Å². The molecule has 0 aliphatic rings. The second-order valence-electron chi connectivity index (χ2n) is 2.40. The Morgan fingerprint density at radius 2 is 2.00 bits per heavy atom. The topological polar surface area (TPSA) is 52.3 Å². The van der Waals surface area contributed by atoms with Crippen molar-refractivity contribution in [1.82, 2.24) is 0 Å². The zero-order valence-electron chi connectivity index (χ0n) is 8.91. The zero-order chi connectivity index (χ0) is 8.97. The maximum Gasteiger partial charge on any atom is 1.00 e. The Bertz CT molecular complexity index is 277. The van der Waals surface area contributed by atoms with E-state index in [1.54, 1.807) is 31.2 Å². The van der Waals surface area contributed by atoms with Gasteiger partial charge in [0.2, 0.25) is 0 Å². The van der Waals surface area contributed by atoms with E-state index in [9.17, 15) is 4.79 Å². The average Bonchev–Trinajstić information content (AvgIpc) is 2.09. The van der Waals surface area contributed by atoms with E-state index in [-0.39, 0.29) is 37.0 Å². The monoisotopic (exact) mass is 189 g/mol. The maximum atomic E-state index is 10.8. The average molecular weight is 189 g/mol. The van der Waals surface area contributed by atoms with Gasteiger partial charge in [0.05, 0.1) is 0 Å². The van der Waals surface area contributed by atoms with Gasteiger partial charge >= 0.3 is 35.5 Å². The molecule has 1 aromatic rings. The Balaban J connectivity index is 0. The smallest absolute Gasteiger partial charge is 1.00 e. The summed E-state index contributed by atoms with van der Waals surface area (Å²) in [6.45, 7) is 1.75. The van der Waals surface area contributed by atoms with Gasteiger partial charge in [0.25, 0.3) is 0 Å². The van der Waals surface area contributed by atoms with E-state index >= 15 is 0 Å². The molecule has 0 heterocycles. The van der Waals surface area contributed by atoms with Crippen LogP contribution in [0.4, 0.5) is 5.69 Å². The Hall–Kier alpha value is -0.510. The number of hydrogen-bond acceptors (Lipinski definition) is 3. The molecule has 0 spiro atoms. The summed E-state index contributed by atoms with van der Waals surface area (Å²) in [7, 11) is 0. The molecule has 3 nitrogen and oxygen atoms in total. The van der Waals surface area contributed by atoms with Crippen LogP contribution in [0.2, 0.25) is 0 Å². The van der Waals surface area contributed by atoms with Crippen LogP contribution >= 0.6 is 0 Å². The number of rotatable bonds is 2. The number of ether oxygens (including phenoxy) is 1. The van der Waals surface area contributed by atoms with Gasteiger partial charge in [-0.25, -0.2) is 0 Å². The van der Waals surface area contributed by atoms with Crippen LogP contribution in [0.25, 0.3) is 0 Å². The first-order valence-electron chi connectivity index (χ1n) is 3.78. The summed E-state index contributed by atoms with van der Waals surface area (Å²) in [5.41, 5.74) is 6.11. The Labute approximate surface area is 101 Å². The minimum absolute atomic E-state index is 0. The number of anilines is 1. The first-order chi connectivity index (χ1) is 5.72. The molecule has 0 unspecified atom stereocenters. The molecule has 1 aromatic carbocycles. The molecule has 2 N–H and O–H groups in total. The minimum atomic E-state index is -0.236. The van der Waals surface area contributed by atoms with Gasteiger partial charge in [-0.1, -0.05) is 6.92 Å². The van der Waals surface area contributed by atoms with Crippen LogP contribution in [0.1, 0.15) is 14.8 Å². The van der Waals surface area contributed by atoms with E-state index in [4.69, 9.17) is 10.5 Å². The van der Waals surface area contributed by atoms with Gasteiger partial charge in [-0.15, -0.1) is 0 Å². The van der Waals surface area contributed by atoms with Crippen LogP contribution in [0.5, 0.6) is 5.75 Å². The third-order valence-electron chi connectivity index (χ3n) is 1.40. The molecule has 0 amide bonds. The second kappa shape index (κ2) is 6.02. The van der Waals surface area contributed by atoms with Gasteiger partial charge in [0.1, 0.15) is 5.75 Å². The molecule has 0 saturated heterocycles. The van der Waals surface area contributed by atoms with E-state index in [0.717, 1.165) is 0 Å². The maximum absolute atomic E-state index is 10.8. The van der Waals surface area contributed by atoms with Crippen molar-refractivity contribution >= 4 is 11.7 Å². The van der Waals surface area contributed by atoms with Crippen molar-refractivity contribution in [3.63, 3.8) is 0 Å². The molecule has 0 saturated carbocycles. The van der Waals surface area contributed by atoms with E-state index in [1.165, 1.54) is 0 Å². The fourth-order valence-electron chi connectivity index (χ4n) is 0.739. The molecule has 0 aromatic heterocycles. The summed E-state index contributed by atoms with van der Waals surface area (Å²) >= 11 is 0. The minimum Gasteiger partial charge on any atom is -1.00 e. The Kier molecular flexibility index (Phi) is 5.79. The predicted octanol–water partition coefficient (Wildman–Crippen LogP) is -1.30. The first-order valence-corrected chi connectivity index (χ1v) is 3.78. The predicted molar refractivity (Wildman–Crippen MR) is 47.9 cm³/mol. The number of nitrogens with two attached hydrogens (primary N) is 1. The van der Waals surface area contributed by atoms with Crippen molar-refractivity contribution in [3.8, 4) is 5.75 Å². The van der Waals surface area contributed by atoms with Gasteiger partial charge < -0.3 is 11.9 Å². The fourth-order valence-corrected chi connectivity index (χ4v) is 0.739. The molecule has 0 bridgehead atoms. The molecule has 0 aliphatic heterocycles. The molecule has 4 heteroatoms. The van der Waals surface area contributed by atoms with Crippen LogP contribution < -0.4 is 40.0 Å². The molecule has 0 atom stereocenters. The van der Waals surface area contributed by atoms with Gasteiger partial charge in [0.15, 0.2) is 0 Å². The summed E-state index contributed by atoms with van der Waals surface area (Å²) in [6, 6.07) is 6.72. The number of carbonyl (C=O) groups is 1. The van der Waals surface area contributed by atoms with Crippen molar-refractivity contribution in [2.45, 2.75) is 13.3 Å². The van der Waals surface area contributed by atoms with Gasteiger partial charge in [-0.2, -0.15) is 0 Å². The molecule has 13 heavy (non-hydrogen) atoms. The van der Waals surface area contributed by atoms with E-state index in [0.29, 0.717) is 17.9 Å². The van der Waals surface area contributed by atoms with Gasteiger partial charge in [-0.3, -0.25) is 4.79 Å². The van der Waals surface area contributed by atoms with Crippen molar-refractivity contribution in [2.75, 3.05) is 5.73 Å². The van der Waals surface area contributed by atoms with E-state index in [2.05, 4.69) is 0 Å². The van der Waals surface area contributed by atoms with E-state index in [1.807, 2.05) is 0 Å². The Morgan fingerprint density at radius 1 is 1.46 bits per heavy atom. The molecular weight excluding hydrogens is 177 g/mol. The van der Waals surface area contributed by atoms with Crippen LogP contribution in [0.3, 0.4) is 0 Å². The number of esters is 1. The molecule has 0 aliphatic carbocycles. The van der Waals surface area contributed by atoms with Crippen molar-refractivity contribution in [3.05, 3.63) is 24.3 Å². The van der Waals surface area contributed by atoms with Crippen molar-refractivity contribution in [2.24, 2.45) is 0 Å². The van der Waals surface area contributed by atoms with Crippen LogP contribution in [-0.4, -0.2) is 5.97 Å². The number of hydrogen-bond donors (Lipinski definition) is 1. The summed E-state index contributed by atoms with van der Waals surface area (Å²) in [5, 5.41) is 0. The van der Waals surface area contributed by atoms with E-state index < -0.39 is 0 Å². The SMILES string of the molecule is CCC(=O)Oc1ccc(N)cc1.[H-].[Na+].